The predicted octanol–water partition coefficient (Wildman–Crippen LogP) is 7.69. The first-order valence-corrected chi connectivity index (χ1v) is 14.8. The molecule has 206 valence electrons. The van der Waals surface area contributed by atoms with Gasteiger partial charge in [-0.3, -0.25) is 4.90 Å². The molecule has 1 saturated carbocycles. The van der Waals surface area contributed by atoms with Crippen LogP contribution in [0.25, 0.3) is 0 Å². The van der Waals surface area contributed by atoms with E-state index in [4.69, 9.17) is 9.47 Å². The number of amides is 2. The van der Waals surface area contributed by atoms with Crippen molar-refractivity contribution in [1.29, 1.82) is 0 Å². The van der Waals surface area contributed by atoms with Gasteiger partial charge in [-0.1, -0.05) is 31.0 Å². The molecular formula is C32H39N3O3S. The lowest BCUT2D eigenvalue weighted by Gasteiger charge is -2.42. The second-order valence-electron chi connectivity index (χ2n) is 10.4. The Morgan fingerprint density at radius 2 is 1.31 bits per heavy atom. The zero-order chi connectivity index (χ0) is 27.0. The van der Waals surface area contributed by atoms with E-state index in [2.05, 4.69) is 46.6 Å². The van der Waals surface area contributed by atoms with Crippen molar-refractivity contribution in [2.24, 2.45) is 0 Å². The number of nitrogens with one attached hydrogen (secondary N) is 1. The van der Waals surface area contributed by atoms with Crippen molar-refractivity contribution in [3.05, 3.63) is 72.8 Å². The fraction of sp³-hybridized carbons (Fsp3) is 0.406. The molecule has 1 heterocycles. The number of nitrogens with zero attached hydrogens (tertiary/aromatic N) is 2. The van der Waals surface area contributed by atoms with E-state index in [1.54, 1.807) is 26.0 Å². The molecule has 0 radical (unpaired) electrons. The van der Waals surface area contributed by atoms with E-state index in [9.17, 15) is 4.79 Å². The van der Waals surface area contributed by atoms with Gasteiger partial charge in [0.25, 0.3) is 0 Å². The number of rotatable bonds is 8. The average molecular weight is 546 g/mol. The number of likely N-dealkylation sites (tertiary alicyclic amines) is 1. The van der Waals surface area contributed by atoms with Crippen LogP contribution in [0.1, 0.15) is 44.9 Å². The Kier molecular flexibility index (Phi) is 9.32. The van der Waals surface area contributed by atoms with E-state index < -0.39 is 0 Å². The van der Waals surface area contributed by atoms with E-state index in [1.165, 1.54) is 32.1 Å². The van der Waals surface area contributed by atoms with Crippen LogP contribution in [0.2, 0.25) is 0 Å². The molecule has 7 heteroatoms. The molecule has 5 rings (SSSR count). The van der Waals surface area contributed by atoms with Gasteiger partial charge in [-0.25, -0.2) is 4.79 Å². The Balaban J connectivity index is 1.31. The highest BCUT2D eigenvalue weighted by atomic mass is 32.2. The second-order valence-corrected chi connectivity index (χ2v) is 11.5. The number of carbonyl (C=O) groups excluding carboxylic acids is 1. The molecule has 39 heavy (non-hydrogen) atoms. The molecule has 0 unspecified atom stereocenters. The summed E-state index contributed by atoms with van der Waals surface area (Å²) in [5.41, 5.74) is 1.69. The van der Waals surface area contributed by atoms with Crippen molar-refractivity contribution in [3.63, 3.8) is 0 Å². The first kappa shape index (κ1) is 27.4. The molecule has 1 N–H and O–H groups in total. The van der Waals surface area contributed by atoms with Gasteiger partial charge in [-0.2, -0.15) is 0 Å². The van der Waals surface area contributed by atoms with Gasteiger partial charge in [0, 0.05) is 46.3 Å². The van der Waals surface area contributed by atoms with Gasteiger partial charge in [0.05, 0.1) is 14.2 Å². The Hall–Kier alpha value is -3.16. The van der Waals surface area contributed by atoms with E-state index in [-0.39, 0.29) is 12.1 Å². The second kappa shape index (κ2) is 13.3. The number of hydrogen-bond donors (Lipinski definition) is 1. The van der Waals surface area contributed by atoms with E-state index in [1.807, 2.05) is 41.3 Å². The van der Waals surface area contributed by atoms with Gasteiger partial charge in [0.15, 0.2) is 0 Å². The van der Waals surface area contributed by atoms with Crippen molar-refractivity contribution in [3.8, 4) is 11.5 Å². The summed E-state index contributed by atoms with van der Waals surface area (Å²) < 4.78 is 10.6. The third-order valence-electron chi connectivity index (χ3n) is 7.93. The summed E-state index contributed by atoms with van der Waals surface area (Å²) in [6, 6.07) is 24.7. The molecule has 1 aliphatic heterocycles. The zero-order valence-electron chi connectivity index (χ0n) is 23.0. The Labute approximate surface area is 236 Å². The van der Waals surface area contributed by atoms with Gasteiger partial charge in [0.1, 0.15) is 11.5 Å². The van der Waals surface area contributed by atoms with Crippen LogP contribution in [-0.2, 0) is 0 Å². The predicted molar refractivity (Wildman–Crippen MR) is 160 cm³/mol. The molecule has 1 saturated heterocycles. The minimum Gasteiger partial charge on any atom is -0.497 e. The maximum absolute atomic E-state index is 13.7. The van der Waals surface area contributed by atoms with Crippen LogP contribution in [0.5, 0.6) is 11.5 Å². The quantitative estimate of drug-likeness (QED) is 0.314. The van der Waals surface area contributed by atoms with Crippen LogP contribution < -0.4 is 19.7 Å². The van der Waals surface area contributed by atoms with Crippen molar-refractivity contribution in [2.45, 2.75) is 66.8 Å². The molecule has 1 aliphatic carbocycles. The third-order valence-corrected chi connectivity index (χ3v) is 8.94. The number of anilines is 2. The summed E-state index contributed by atoms with van der Waals surface area (Å²) in [5.74, 6) is 1.62. The highest BCUT2D eigenvalue weighted by Gasteiger charge is 2.32. The number of carbonyl (C=O) groups is 1. The molecular weight excluding hydrogens is 506 g/mol. The Morgan fingerprint density at radius 3 is 1.87 bits per heavy atom. The van der Waals surface area contributed by atoms with E-state index >= 15 is 0 Å². The van der Waals surface area contributed by atoms with Crippen molar-refractivity contribution in [2.75, 3.05) is 37.5 Å². The zero-order valence-corrected chi connectivity index (χ0v) is 23.8. The normalized spacial score (nSPS) is 17.0. The van der Waals surface area contributed by atoms with Crippen LogP contribution in [0.15, 0.2) is 82.6 Å². The van der Waals surface area contributed by atoms with Crippen molar-refractivity contribution >= 4 is 29.2 Å². The highest BCUT2D eigenvalue weighted by Crippen LogP contribution is 2.33. The smallest absolute Gasteiger partial charge is 0.326 e. The summed E-state index contributed by atoms with van der Waals surface area (Å²) in [6.07, 6.45) is 8.67. The van der Waals surface area contributed by atoms with Gasteiger partial charge in [-0.15, -0.1) is 0 Å². The van der Waals surface area contributed by atoms with Crippen LogP contribution >= 0.6 is 11.8 Å². The summed E-state index contributed by atoms with van der Waals surface area (Å²) in [4.78, 5) is 20.7. The Bertz CT molecular complexity index is 1190. The number of benzene rings is 3. The standard InChI is InChI=1S/C32H39N3O3S/c1-37-28-12-8-24(9-13-28)33-32(36)35(27-20-22-34(23-21-27)25-6-4-3-5-7-25)26-10-16-30(17-11-26)39-31-18-14-29(38-2)15-19-31/h8-19,25,27H,3-7,20-23H2,1-2H3,(H,33,36). The number of urea groups is 1. The number of ether oxygens (including phenoxy) is 2. The molecule has 2 fully saturated rings. The Morgan fingerprint density at radius 1 is 0.769 bits per heavy atom. The highest BCUT2D eigenvalue weighted by molar-refractivity contribution is 7.99. The molecule has 6 nitrogen and oxygen atoms in total. The maximum atomic E-state index is 13.7. The van der Waals surface area contributed by atoms with Gasteiger partial charge in [-0.05, 0) is 98.5 Å². The first-order valence-electron chi connectivity index (χ1n) is 14.0. The molecule has 0 atom stereocenters. The monoisotopic (exact) mass is 545 g/mol. The lowest BCUT2D eigenvalue weighted by atomic mass is 9.91. The van der Waals surface area contributed by atoms with Gasteiger partial charge < -0.3 is 19.7 Å². The average Bonchev–Trinajstić information content (AvgIpc) is 3.00. The molecule has 0 bridgehead atoms. The van der Waals surface area contributed by atoms with Crippen LogP contribution in [0, 0.1) is 0 Å². The molecule has 3 aromatic carbocycles. The fourth-order valence-electron chi connectivity index (χ4n) is 5.76. The van der Waals surface area contributed by atoms with Crippen LogP contribution in [0.4, 0.5) is 16.2 Å². The summed E-state index contributed by atoms with van der Waals surface area (Å²) in [6.45, 7) is 2.10. The molecule has 0 spiro atoms. The molecule has 3 aromatic rings. The largest absolute Gasteiger partial charge is 0.497 e. The first-order chi connectivity index (χ1) is 19.1. The fourth-order valence-corrected chi connectivity index (χ4v) is 6.58. The van der Waals surface area contributed by atoms with Crippen molar-refractivity contribution < 1.29 is 14.3 Å². The minimum absolute atomic E-state index is 0.0909. The van der Waals surface area contributed by atoms with Crippen LogP contribution in [-0.4, -0.2) is 50.3 Å². The number of hydrogen-bond acceptors (Lipinski definition) is 5. The topological polar surface area (TPSA) is 54.0 Å². The van der Waals surface area contributed by atoms with Gasteiger partial charge in [0.2, 0.25) is 0 Å². The lowest BCUT2D eigenvalue weighted by Crippen LogP contribution is -2.51. The third kappa shape index (κ3) is 7.08. The van der Waals surface area contributed by atoms with Gasteiger partial charge >= 0.3 is 6.03 Å². The minimum atomic E-state index is -0.0909. The van der Waals surface area contributed by atoms with Crippen LogP contribution in [0.3, 0.4) is 0 Å². The van der Waals surface area contributed by atoms with E-state index in [0.717, 1.165) is 64.6 Å². The summed E-state index contributed by atoms with van der Waals surface area (Å²) in [7, 11) is 3.32. The SMILES string of the molecule is COc1ccc(NC(=O)N(c2ccc(Sc3ccc(OC)cc3)cc2)C2CCN(C3CCCCC3)CC2)cc1. The van der Waals surface area contributed by atoms with Crippen molar-refractivity contribution in [1.82, 2.24) is 4.90 Å². The lowest BCUT2D eigenvalue weighted by molar-refractivity contribution is 0.122. The number of piperidine rings is 1. The molecule has 0 aromatic heterocycles. The molecule has 2 amide bonds. The summed E-state index contributed by atoms with van der Waals surface area (Å²) >= 11 is 1.70. The number of methoxy groups -OCH3 is 2. The van der Waals surface area contributed by atoms with E-state index in [0.29, 0.717) is 0 Å². The molecule has 2 aliphatic rings. The maximum Gasteiger partial charge on any atom is 0.326 e. The summed E-state index contributed by atoms with van der Waals surface area (Å²) in [5, 5.41) is 3.13.